The second-order valence-electron chi connectivity index (χ2n) is 10.9. The molecule has 5 rings (SSSR count). The van der Waals surface area contributed by atoms with Crippen molar-refractivity contribution in [1.82, 2.24) is 5.32 Å². The molecular weight excluding hydrogens is 524 g/mol. The Labute approximate surface area is 240 Å². The Morgan fingerprint density at radius 2 is 1.70 bits per heavy atom. The molecule has 40 heavy (non-hydrogen) atoms. The molecule has 0 bridgehead atoms. The minimum absolute atomic E-state index is 0.0720. The molecule has 0 aromatic heterocycles. The summed E-state index contributed by atoms with van der Waals surface area (Å²) < 4.78 is 0. The SMILES string of the molecule is Cc1ccc(C2CC(=O)Nc3cc(C(=O)NCC4CCCC(CN)C4)ccc3N2C(=O)c2ccc(Cl)cc2)cc1. The molecule has 3 aromatic rings. The summed E-state index contributed by atoms with van der Waals surface area (Å²) in [5, 5.41) is 6.54. The van der Waals surface area contributed by atoms with Gasteiger partial charge in [-0.2, -0.15) is 0 Å². The van der Waals surface area contributed by atoms with Crippen LogP contribution < -0.4 is 21.3 Å². The molecule has 1 aliphatic heterocycles. The zero-order valence-corrected chi connectivity index (χ0v) is 23.4. The van der Waals surface area contributed by atoms with E-state index in [9.17, 15) is 14.4 Å². The number of carbonyl (C=O) groups excluding carboxylic acids is 3. The van der Waals surface area contributed by atoms with Gasteiger partial charge in [0.25, 0.3) is 11.8 Å². The molecule has 3 amide bonds. The highest BCUT2D eigenvalue weighted by atomic mass is 35.5. The Morgan fingerprint density at radius 1 is 1.00 bits per heavy atom. The summed E-state index contributed by atoms with van der Waals surface area (Å²) in [4.78, 5) is 41.9. The minimum atomic E-state index is -0.536. The third kappa shape index (κ3) is 6.21. The van der Waals surface area contributed by atoms with Gasteiger partial charge >= 0.3 is 0 Å². The van der Waals surface area contributed by atoms with Crippen LogP contribution in [0.3, 0.4) is 0 Å². The fraction of sp³-hybridized carbons (Fsp3) is 0.344. The van der Waals surface area contributed by atoms with Crippen molar-refractivity contribution in [3.63, 3.8) is 0 Å². The van der Waals surface area contributed by atoms with E-state index in [-0.39, 0.29) is 24.1 Å². The lowest BCUT2D eigenvalue weighted by molar-refractivity contribution is -0.116. The van der Waals surface area contributed by atoms with Gasteiger partial charge in [0.2, 0.25) is 5.91 Å². The molecule has 4 N–H and O–H groups in total. The van der Waals surface area contributed by atoms with Crippen LogP contribution in [0.2, 0.25) is 5.02 Å². The smallest absolute Gasteiger partial charge is 0.258 e. The second kappa shape index (κ2) is 12.2. The van der Waals surface area contributed by atoms with Crippen LogP contribution in [-0.2, 0) is 4.79 Å². The zero-order valence-electron chi connectivity index (χ0n) is 22.7. The van der Waals surface area contributed by atoms with Crippen LogP contribution >= 0.6 is 11.6 Å². The van der Waals surface area contributed by atoms with E-state index in [1.54, 1.807) is 47.4 Å². The zero-order chi connectivity index (χ0) is 28.2. The summed E-state index contributed by atoms with van der Waals surface area (Å²) in [6.45, 7) is 3.27. The van der Waals surface area contributed by atoms with Gasteiger partial charge in [0.1, 0.15) is 0 Å². The van der Waals surface area contributed by atoms with Crippen molar-refractivity contribution in [3.8, 4) is 0 Å². The molecule has 1 fully saturated rings. The summed E-state index contributed by atoms with van der Waals surface area (Å²) in [7, 11) is 0. The number of nitrogens with two attached hydrogens (primary N) is 1. The fourth-order valence-electron chi connectivity index (χ4n) is 5.80. The summed E-state index contributed by atoms with van der Waals surface area (Å²) in [5.41, 5.74) is 9.65. The van der Waals surface area contributed by atoms with Crippen molar-refractivity contribution >= 4 is 40.7 Å². The second-order valence-corrected chi connectivity index (χ2v) is 11.4. The van der Waals surface area contributed by atoms with Crippen molar-refractivity contribution in [2.75, 3.05) is 23.3 Å². The molecule has 0 saturated heterocycles. The highest BCUT2D eigenvalue weighted by Gasteiger charge is 2.34. The molecule has 1 aliphatic carbocycles. The largest absolute Gasteiger partial charge is 0.352 e. The maximum Gasteiger partial charge on any atom is 0.258 e. The number of halogens is 1. The van der Waals surface area contributed by atoms with Crippen molar-refractivity contribution in [2.24, 2.45) is 17.6 Å². The average Bonchev–Trinajstić information content (AvgIpc) is 3.11. The monoisotopic (exact) mass is 558 g/mol. The number of anilines is 2. The highest BCUT2D eigenvalue weighted by molar-refractivity contribution is 6.30. The molecule has 3 atom stereocenters. The van der Waals surface area contributed by atoms with Crippen molar-refractivity contribution in [1.29, 1.82) is 0 Å². The molecular formula is C32H35ClN4O3. The summed E-state index contributed by atoms with van der Waals surface area (Å²) in [6.07, 6.45) is 4.47. The fourth-order valence-corrected chi connectivity index (χ4v) is 5.93. The predicted molar refractivity (Wildman–Crippen MR) is 159 cm³/mol. The van der Waals surface area contributed by atoms with Gasteiger partial charge in [-0.05, 0) is 92.6 Å². The van der Waals surface area contributed by atoms with Gasteiger partial charge in [-0.25, -0.2) is 0 Å². The van der Waals surface area contributed by atoms with Crippen LogP contribution in [0.5, 0.6) is 0 Å². The summed E-state index contributed by atoms with van der Waals surface area (Å²) in [5.74, 6) is 0.232. The van der Waals surface area contributed by atoms with Crippen molar-refractivity contribution in [2.45, 2.75) is 45.1 Å². The van der Waals surface area contributed by atoms with Crippen molar-refractivity contribution < 1.29 is 14.4 Å². The quantitative estimate of drug-likeness (QED) is 0.352. The standard InChI is InChI=1S/C32H35ClN4O3/c1-20-5-7-23(8-6-20)29-17-30(38)36-27-16-25(31(39)35-19-22-4-2-3-21(15-22)18-34)11-14-28(27)37(29)32(40)24-9-12-26(33)13-10-24/h5-14,16,21-22,29H,2-4,15,17-19,34H2,1H3,(H,35,39)(H,36,38). The Balaban J connectivity index is 1.46. The van der Waals surface area contributed by atoms with Gasteiger partial charge in [-0.1, -0.05) is 47.9 Å². The van der Waals surface area contributed by atoms with Crippen LogP contribution in [0.15, 0.2) is 66.7 Å². The van der Waals surface area contributed by atoms with Crippen LogP contribution in [-0.4, -0.2) is 30.8 Å². The van der Waals surface area contributed by atoms with Gasteiger partial charge in [0.15, 0.2) is 0 Å². The van der Waals surface area contributed by atoms with E-state index in [2.05, 4.69) is 10.6 Å². The first kappa shape index (κ1) is 27.9. The Morgan fingerprint density at radius 3 is 2.42 bits per heavy atom. The number of nitrogens with zero attached hydrogens (tertiary/aromatic N) is 1. The van der Waals surface area contributed by atoms with Gasteiger partial charge in [0, 0.05) is 22.7 Å². The molecule has 8 heteroatoms. The predicted octanol–water partition coefficient (Wildman–Crippen LogP) is 5.87. The molecule has 1 heterocycles. The first-order chi connectivity index (χ1) is 19.3. The number of rotatable bonds is 6. The molecule has 2 aliphatic rings. The van der Waals surface area contributed by atoms with E-state index >= 15 is 0 Å². The lowest BCUT2D eigenvalue weighted by Crippen LogP contribution is -2.35. The topological polar surface area (TPSA) is 105 Å². The molecule has 3 unspecified atom stereocenters. The number of amides is 3. The first-order valence-corrected chi connectivity index (χ1v) is 14.3. The maximum atomic E-state index is 14.0. The van der Waals surface area contributed by atoms with Crippen LogP contribution in [0.4, 0.5) is 11.4 Å². The number of fused-ring (bicyclic) bond motifs is 1. The van der Waals surface area contributed by atoms with Gasteiger partial charge in [-0.3, -0.25) is 19.3 Å². The van der Waals surface area contributed by atoms with E-state index in [1.165, 1.54) is 0 Å². The molecule has 208 valence electrons. The van der Waals surface area contributed by atoms with E-state index < -0.39 is 6.04 Å². The number of carbonyl (C=O) groups is 3. The Bertz CT molecular complexity index is 1390. The molecule has 3 aromatic carbocycles. The molecule has 7 nitrogen and oxygen atoms in total. The lowest BCUT2D eigenvalue weighted by Gasteiger charge is -2.31. The summed E-state index contributed by atoms with van der Waals surface area (Å²) in [6, 6.07) is 19.1. The van der Waals surface area contributed by atoms with Gasteiger partial charge in [-0.15, -0.1) is 0 Å². The van der Waals surface area contributed by atoms with Gasteiger partial charge in [0.05, 0.1) is 23.8 Å². The lowest BCUT2D eigenvalue weighted by atomic mass is 9.81. The first-order valence-electron chi connectivity index (χ1n) is 13.9. The Hall–Kier alpha value is -3.68. The maximum absolute atomic E-state index is 14.0. The number of aryl methyl sites for hydroxylation is 1. The molecule has 1 saturated carbocycles. The van der Waals surface area contributed by atoms with E-state index in [0.29, 0.717) is 52.4 Å². The number of nitrogens with one attached hydrogen (secondary N) is 2. The normalized spacial score (nSPS) is 20.7. The average molecular weight is 559 g/mol. The highest BCUT2D eigenvalue weighted by Crippen LogP contribution is 2.40. The summed E-state index contributed by atoms with van der Waals surface area (Å²) >= 11 is 6.08. The third-order valence-electron chi connectivity index (χ3n) is 8.03. The van der Waals surface area contributed by atoms with Crippen LogP contribution in [0.1, 0.15) is 70.0 Å². The molecule has 0 spiro atoms. The number of hydrogen-bond donors (Lipinski definition) is 3. The third-order valence-corrected chi connectivity index (χ3v) is 8.28. The van der Waals surface area contributed by atoms with Gasteiger partial charge < -0.3 is 16.4 Å². The Kier molecular flexibility index (Phi) is 8.52. The van der Waals surface area contributed by atoms with Crippen molar-refractivity contribution in [3.05, 3.63) is 94.0 Å². The molecule has 0 radical (unpaired) electrons. The van der Waals surface area contributed by atoms with Crippen LogP contribution in [0.25, 0.3) is 0 Å². The van der Waals surface area contributed by atoms with E-state index in [4.69, 9.17) is 17.3 Å². The number of hydrogen-bond acceptors (Lipinski definition) is 4. The van der Waals surface area contributed by atoms with E-state index in [1.807, 2.05) is 31.2 Å². The minimum Gasteiger partial charge on any atom is -0.352 e. The van der Waals surface area contributed by atoms with Crippen LogP contribution in [0, 0.1) is 18.8 Å². The number of benzene rings is 3. The van der Waals surface area contributed by atoms with E-state index in [0.717, 1.165) is 36.8 Å².